The monoisotopic (exact) mass is 238 g/mol. The van der Waals surface area contributed by atoms with Crippen LogP contribution in [-0.2, 0) is 0 Å². The molecule has 0 aliphatic rings. The van der Waals surface area contributed by atoms with Crippen molar-refractivity contribution in [2.24, 2.45) is 0 Å². The molecule has 0 atom stereocenters. The van der Waals surface area contributed by atoms with E-state index in [9.17, 15) is 0 Å². The number of nitrogens with one attached hydrogen (secondary N) is 2. The predicted molar refractivity (Wildman–Crippen MR) is 70.7 cm³/mol. The Bertz CT molecular complexity index is 360. The van der Waals surface area contributed by atoms with E-state index in [1.54, 1.807) is 7.11 Å². The lowest BCUT2D eigenvalue weighted by Gasteiger charge is -2.23. The van der Waals surface area contributed by atoms with Crippen LogP contribution in [0.25, 0.3) is 0 Å². The molecule has 0 aromatic carbocycles. The topological polar surface area (TPSA) is 59.1 Å². The van der Waals surface area contributed by atoms with Gasteiger partial charge in [0.2, 0.25) is 5.75 Å². The molecular formula is C12H22N4O. The summed E-state index contributed by atoms with van der Waals surface area (Å²) < 4.78 is 5.37. The molecule has 5 nitrogen and oxygen atoms in total. The third-order valence-electron chi connectivity index (χ3n) is 2.04. The van der Waals surface area contributed by atoms with E-state index in [4.69, 9.17) is 4.74 Å². The van der Waals surface area contributed by atoms with Crippen LogP contribution in [0.5, 0.6) is 5.75 Å². The first-order valence-electron chi connectivity index (χ1n) is 5.89. The van der Waals surface area contributed by atoms with Crippen molar-refractivity contribution < 1.29 is 4.74 Å². The number of nitrogens with zero attached hydrogens (tertiary/aromatic N) is 2. The maximum Gasteiger partial charge on any atom is 0.204 e. The lowest BCUT2D eigenvalue weighted by molar-refractivity contribution is 0.413. The summed E-state index contributed by atoms with van der Waals surface area (Å²) >= 11 is 0. The van der Waals surface area contributed by atoms with Crippen molar-refractivity contribution in [3.05, 3.63) is 6.33 Å². The predicted octanol–water partition coefficient (Wildman–Crippen LogP) is 2.52. The van der Waals surface area contributed by atoms with E-state index in [2.05, 4.69) is 48.3 Å². The second kappa shape index (κ2) is 5.70. The molecule has 5 heteroatoms. The molecule has 1 heterocycles. The highest BCUT2D eigenvalue weighted by Crippen LogP contribution is 2.30. The zero-order valence-corrected chi connectivity index (χ0v) is 11.3. The number of ether oxygens (including phenoxy) is 1. The molecule has 1 aromatic rings. The first-order chi connectivity index (χ1) is 7.98. The van der Waals surface area contributed by atoms with Gasteiger partial charge in [-0.2, -0.15) is 0 Å². The van der Waals surface area contributed by atoms with E-state index >= 15 is 0 Å². The van der Waals surface area contributed by atoms with E-state index in [1.807, 2.05) is 0 Å². The standard InChI is InChI=1S/C12H22N4O/c1-6-7-13-10-9(17-5)11(15-8-14-10)16-12(2,3)4/h8H,6-7H2,1-5H3,(H2,13,14,15,16). The molecule has 0 spiro atoms. The number of anilines is 2. The Hall–Kier alpha value is -1.52. The Balaban J connectivity index is 2.97. The van der Waals surface area contributed by atoms with Gasteiger partial charge in [-0.05, 0) is 27.2 Å². The highest BCUT2D eigenvalue weighted by atomic mass is 16.5. The van der Waals surface area contributed by atoms with Crippen molar-refractivity contribution in [3.63, 3.8) is 0 Å². The Kier molecular flexibility index (Phi) is 4.54. The Morgan fingerprint density at radius 2 is 1.88 bits per heavy atom. The van der Waals surface area contributed by atoms with E-state index in [-0.39, 0.29) is 5.54 Å². The minimum absolute atomic E-state index is 0.0658. The molecule has 0 fully saturated rings. The molecule has 0 aliphatic heterocycles. The van der Waals surface area contributed by atoms with Gasteiger partial charge in [0.1, 0.15) is 6.33 Å². The third-order valence-corrected chi connectivity index (χ3v) is 2.04. The zero-order valence-electron chi connectivity index (χ0n) is 11.3. The van der Waals surface area contributed by atoms with Gasteiger partial charge in [0.25, 0.3) is 0 Å². The first-order valence-corrected chi connectivity index (χ1v) is 5.89. The van der Waals surface area contributed by atoms with Crippen molar-refractivity contribution in [1.82, 2.24) is 9.97 Å². The van der Waals surface area contributed by atoms with Crippen molar-refractivity contribution in [1.29, 1.82) is 0 Å². The number of hydrogen-bond acceptors (Lipinski definition) is 5. The lowest BCUT2D eigenvalue weighted by atomic mass is 10.1. The summed E-state index contributed by atoms with van der Waals surface area (Å²) in [6.45, 7) is 9.20. The fourth-order valence-corrected chi connectivity index (χ4v) is 1.38. The molecule has 1 aromatic heterocycles. The minimum Gasteiger partial charge on any atom is -0.490 e. The summed E-state index contributed by atoms with van der Waals surface area (Å²) in [6, 6.07) is 0. The van der Waals surface area contributed by atoms with Gasteiger partial charge in [0.15, 0.2) is 11.6 Å². The van der Waals surface area contributed by atoms with Crippen LogP contribution in [0.4, 0.5) is 11.6 Å². The largest absolute Gasteiger partial charge is 0.490 e. The number of aromatic nitrogens is 2. The lowest BCUT2D eigenvalue weighted by Crippen LogP contribution is -2.27. The SMILES string of the molecule is CCCNc1ncnc(NC(C)(C)C)c1OC. The first kappa shape index (κ1) is 13.5. The fraction of sp³-hybridized carbons (Fsp3) is 0.667. The van der Waals surface area contributed by atoms with Crippen molar-refractivity contribution in [3.8, 4) is 5.75 Å². The van der Waals surface area contributed by atoms with Crippen LogP contribution >= 0.6 is 0 Å². The van der Waals surface area contributed by atoms with Crippen molar-refractivity contribution >= 4 is 11.6 Å². The highest BCUT2D eigenvalue weighted by Gasteiger charge is 2.17. The van der Waals surface area contributed by atoms with Crippen LogP contribution in [-0.4, -0.2) is 29.2 Å². The quantitative estimate of drug-likeness (QED) is 0.825. The fourth-order valence-electron chi connectivity index (χ4n) is 1.38. The molecule has 0 bridgehead atoms. The molecule has 0 saturated heterocycles. The summed E-state index contributed by atoms with van der Waals surface area (Å²) in [6.07, 6.45) is 2.57. The number of hydrogen-bond donors (Lipinski definition) is 2. The number of rotatable bonds is 5. The van der Waals surface area contributed by atoms with E-state index in [0.29, 0.717) is 11.6 Å². The van der Waals surface area contributed by atoms with Gasteiger partial charge in [0, 0.05) is 12.1 Å². The van der Waals surface area contributed by atoms with Gasteiger partial charge >= 0.3 is 0 Å². The zero-order chi connectivity index (χ0) is 12.9. The molecule has 0 saturated carbocycles. The number of methoxy groups -OCH3 is 1. The molecule has 17 heavy (non-hydrogen) atoms. The van der Waals surface area contributed by atoms with Crippen LogP contribution in [0.15, 0.2) is 6.33 Å². The molecular weight excluding hydrogens is 216 g/mol. The van der Waals surface area contributed by atoms with E-state index in [0.717, 1.165) is 18.8 Å². The summed E-state index contributed by atoms with van der Waals surface area (Å²) in [7, 11) is 1.63. The second-order valence-electron chi connectivity index (χ2n) is 4.91. The van der Waals surface area contributed by atoms with Gasteiger partial charge < -0.3 is 15.4 Å². The van der Waals surface area contributed by atoms with E-state index in [1.165, 1.54) is 6.33 Å². The van der Waals surface area contributed by atoms with Gasteiger partial charge in [-0.15, -0.1) is 0 Å². The Morgan fingerprint density at radius 3 is 2.41 bits per heavy atom. The van der Waals surface area contributed by atoms with Gasteiger partial charge in [0.05, 0.1) is 7.11 Å². The molecule has 0 aliphatic carbocycles. The maximum absolute atomic E-state index is 5.37. The average Bonchev–Trinajstić information content (AvgIpc) is 2.24. The summed E-state index contributed by atoms with van der Waals surface area (Å²) in [5.41, 5.74) is -0.0658. The summed E-state index contributed by atoms with van der Waals surface area (Å²) in [5, 5.41) is 6.53. The van der Waals surface area contributed by atoms with Crippen molar-refractivity contribution in [2.75, 3.05) is 24.3 Å². The Morgan fingerprint density at radius 1 is 1.24 bits per heavy atom. The molecule has 0 amide bonds. The molecule has 0 unspecified atom stereocenters. The van der Waals surface area contributed by atoms with Crippen LogP contribution < -0.4 is 15.4 Å². The smallest absolute Gasteiger partial charge is 0.204 e. The molecule has 2 N–H and O–H groups in total. The molecule has 1 rings (SSSR count). The van der Waals surface area contributed by atoms with Crippen LogP contribution in [0.1, 0.15) is 34.1 Å². The van der Waals surface area contributed by atoms with Gasteiger partial charge in [-0.3, -0.25) is 0 Å². The Labute approximate surface area is 103 Å². The van der Waals surface area contributed by atoms with Crippen LogP contribution in [0.3, 0.4) is 0 Å². The third kappa shape index (κ3) is 4.09. The molecule has 0 radical (unpaired) electrons. The normalized spacial score (nSPS) is 11.1. The summed E-state index contributed by atoms with van der Waals surface area (Å²) in [4.78, 5) is 8.41. The van der Waals surface area contributed by atoms with E-state index < -0.39 is 0 Å². The second-order valence-corrected chi connectivity index (χ2v) is 4.91. The molecule has 96 valence electrons. The summed E-state index contributed by atoms with van der Waals surface area (Å²) in [5.74, 6) is 2.11. The van der Waals surface area contributed by atoms with Gasteiger partial charge in [-0.25, -0.2) is 9.97 Å². The van der Waals surface area contributed by atoms with Crippen LogP contribution in [0.2, 0.25) is 0 Å². The van der Waals surface area contributed by atoms with Gasteiger partial charge in [-0.1, -0.05) is 6.92 Å². The van der Waals surface area contributed by atoms with Crippen LogP contribution in [0, 0.1) is 0 Å². The van der Waals surface area contributed by atoms with Crippen molar-refractivity contribution in [2.45, 2.75) is 39.7 Å². The highest BCUT2D eigenvalue weighted by molar-refractivity contribution is 5.64. The minimum atomic E-state index is -0.0658. The average molecular weight is 238 g/mol. The maximum atomic E-state index is 5.37.